The summed E-state index contributed by atoms with van der Waals surface area (Å²) in [7, 11) is 1.74. The molecule has 0 fully saturated rings. The Bertz CT molecular complexity index is 596. The number of nitrogens with zero attached hydrogens (tertiary/aromatic N) is 1. The van der Waals surface area contributed by atoms with Gasteiger partial charge in [0, 0.05) is 25.5 Å². The van der Waals surface area contributed by atoms with Crippen LogP contribution in [0.15, 0.2) is 22.4 Å². The van der Waals surface area contributed by atoms with E-state index < -0.39 is 0 Å². The number of amides is 1. The average molecular weight is 291 g/mol. The van der Waals surface area contributed by atoms with Gasteiger partial charge in [-0.3, -0.25) is 4.79 Å². The minimum Gasteiger partial charge on any atom is -0.463 e. The van der Waals surface area contributed by atoms with Crippen LogP contribution in [0.5, 0.6) is 0 Å². The van der Waals surface area contributed by atoms with Crippen molar-refractivity contribution in [2.45, 2.75) is 40.2 Å². The molecule has 0 saturated carbocycles. The number of likely N-dealkylation sites (N-methyl/N-ethyl adjacent to an activating group) is 1. The second-order valence-corrected chi connectivity index (χ2v) is 5.88. The van der Waals surface area contributed by atoms with E-state index in [9.17, 15) is 9.18 Å². The van der Waals surface area contributed by atoms with Crippen LogP contribution in [0.3, 0.4) is 0 Å². The second kappa shape index (κ2) is 6.29. The molecule has 0 aliphatic heterocycles. The molecule has 1 aromatic rings. The number of furan rings is 1. The quantitative estimate of drug-likeness (QED) is 0.785. The number of carbonyl (C=O) groups is 1. The zero-order valence-corrected chi connectivity index (χ0v) is 13.1. The lowest BCUT2D eigenvalue weighted by molar-refractivity contribution is -0.125. The van der Waals surface area contributed by atoms with Crippen molar-refractivity contribution in [3.05, 3.63) is 40.6 Å². The molecular formula is C17H22FNO2. The first-order valence-corrected chi connectivity index (χ1v) is 7.29. The normalized spacial score (nSPS) is 14.5. The fraction of sp³-hybridized carbons (Fsp3) is 0.471. The van der Waals surface area contributed by atoms with E-state index in [-0.39, 0.29) is 11.7 Å². The van der Waals surface area contributed by atoms with Gasteiger partial charge in [-0.05, 0) is 30.6 Å². The lowest BCUT2D eigenvalue weighted by Crippen LogP contribution is -2.24. The second-order valence-electron chi connectivity index (χ2n) is 5.88. The molecule has 0 aromatic carbocycles. The topological polar surface area (TPSA) is 33.5 Å². The van der Waals surface area contributed by atoms with E-state index in [1.165, 1.54) is 0 Å². The van der Waals surface area contributed by atoms with Crippen LogP contribution >= 0.6 is 0 Å². The van der Waals surface area contributed by atoms with Crippen molar-refractivity contribution in [2.24, 2.45) is 5.92 Å². The number of aryl methyl sites for hydroxylation is 1. The molecule has 1 aromatic heterocycles. The third-order valence-electron chi connectivity index (χ3n) is 3.64. The molecule has 21 heavy (non-hydrogen) atoms. The lowest BCUT2D eigenvalue weighted by Gasteiger charge is -2.14. The molecule has 3 nitrogen and oxygen atoms in total. The Morgan fingerprint density at radius 3 is 2.86 bits per heavy atom. The van der Waals surface area contributed by atoms with Crippen LogP contribution in [0.25, 0.3) is 6.08 Å². The number of hydrogen-bond donors (Lipinski definition) is 0. The average Bonchev–Trinajstić information content (AvgIpc) is 2.73. The highest BCUT2D eigenvalue weighted by Gasteiger charge is 2.21. The Hall–Kier alpha value is -1.84. The molecule has 1 aliphatic carbocycles. The maximum atomic E-state index is 13.4. The molecule has 1 aliphatic rings. The summed E-state index contributed by atoms with van der Waals surface area (Å²) < 4.78 is 19.2. The Balaban J connectivity index is 2.12. The van der Waals surface area contributed by atoms with Gasteiger partial charge in [0.2, 0.25) is 5.91 Å². The third kappa shape index (κ3) is 3.63. The van der Waals surface area contributed by atoms with Crippen LogP contribution in [0.1, 0.15) is 42.9 Å². The van der Waals surface area contributed by atoms with E-state index in [1.54, 1.807) is 24.1 Å². The highest BCUT2D eigenvalue weighted by molar-refractivity contribution is 5.87. The molecule has 114 valence electrons. The first kappa shape index (κ1) is 15.5. The molecule has 0 radical (unpaired) electrons. The largest absolute Gasteiger partial charge is 0.463 e. The van der Waals surface area contributed by atoms with Gasteiger partial charge in [0.1, 0.15) is 17.3 Å². The maximum Gasteiger partial charge on any atom is 0.246 e. The summed E-state index contributed by atoms with van der Waals surface area (Å²) in [5, 5.41) is 0. The van der Waals surface area contributed by atoms with E-state index in [0.29, 0.717) is 25.3 Å². The van der Waals surface area contributed by atoms with Crippen LogP contribution < -0.4 is 0 Å². The highest BCUT2D eigenvalue weighted by atomic mass is 19.1. The lowest BCUT2D eigenvalue weighted by atomic mass is 10.0. The number of hydrogen-bond acceptors (Lipinski definition) is 2. The summed E-state index contributed by atoms with van der Waals surface area (Å²) in [5.41, 5.74) is 1.76. The molecule has 4 heteroatoms. The van der Waals surface area contributed by atoms with Crippen LogP contribution in [0, 0.1) is 12.8 Å². The molecule has 2 rings (SSSR count). The van der Waals surface area contributed by atoms with Crippen LogP contribution in [-0.2, 0) is 17.8 Å². The zero-order valence-electron chi connectivity index (χ0n) is 13.1. The summed E-state index contributed by atoms with van der Waals surface area (Å²) >= 11 is 0. The maximum absolute atomic E-state index is 13.4. The molecule has 1 heterocycles. The van der Waals surface area contributed by atoms with Crippen molar-refractivity contribution in [3.63, 3.8) is 0 Å². The standard InChI is InChI=1S/C17H22FNO2/c1-11(2)5-8-17(20)19(4)10-16-12(3)14-9-13(18)6-7-15(14)21-16/h5,8-9,11H,6-7,10H2,1-4H3/b8-5+. The molecule has 0 bridgehead atoms. The summed E-state index contributed by atoms with van der Waals surface area (Å²) in [6, 6.07) is 0. The summed E-state index contributed by atoms with van der Waals surface area (Å²) in [4.78, 5) is 13.6. The van der Waals surface area contributed by atoms with E-state index in [0.717, 1.165) is 22.6 Å². The number of allylic oxidation sites excluding steroid dienone is 2. The zero-order chi connectivity index (χ0) is 15.6. The number of fused-ring (bicyclic) bond motifs is 1. The molecule has 0 atom stereocenters. The molecule has 0 saturated heterocycles. The fourth-order valence-corrected chi connectivity index (χ4v) is 2.32. The van der Waals surface area contributed by atoms with Crippen molar-refractivity contribution >= 4 is 12.0 Å². The molecular weight excluding hydrogens is 269 g/mol. The summed E-state index contributed by atoms with van der Waals surface area (Å²) in [6.45, 7) is 6.36. The van der Waals surface area contributed by atoms with E-state index in [4.69, 9.17) is 4.42 Å². The first-order valence-electron chi connectivity index (χ1n) is 7.29. The molecule has 0 N–H and O–H groups in total. The van der Waals surface area contributed by atoms with Crippen LogP contribution in [0.2, 0.25) is 0 Å². The van der Waals surface area contributed by atoms with Gasteiger partial charge in [0.25, 0.3) is 0 Å². The number of carbonyl (C=O) groups excluding carboxylic acids is 1. The Kier molecular flexibility index (Phi) is 4.66. The minimum absolute atomic E-state index is 0.0563. The van der Waals surface area contributed by atoms with Crippen molar-refractivity contribution in [1.82, 2.24) is 4.90 Å². The van der Waals surface area contributed by atoms with E-state index >= 15 is 0 Å². The first-order chi connectivity index (χ1) is 9.88. The molecule has 0 spiro atoms. The number of halogens is 1. The Morgan fingerprint density at radius 1 is 1.48 bits per heavy atom. The van der Waals surface area contributed by atoms with Gasteiger partial charge in [-0.1, -0.05) is 19.9 Å². The minimum atomic E-state index is -0.109. The van der Waals surface area contributed by atoms with Crippen molar-refractivity contribution < 1.29 is 13.6 Å². The Morgan fingerprint density at radius 2 is 2.19 bits per heavy atom. The van der Waals surface area contributed by atoms with Crippen LogP contribution in [-0.4, -0.2) is 17.9 Å². The van der Waals surface area contributed by atoms with Gasteiger partial charge in [-0.2, -0.15) is 0 Å². The van der Waals surface area contributed by atoms with Crippen molar-refractivity contribution in [3.8, 4) is 0 Å². The predicted molar refractivity (Wildman–Crippen MR) is 81.3 cm³/mol. The van der Waals surface area contributed by atoms with Gasteiger partial charge < -0.3 is 9.32 Å². The monoisotopic (exact) mass is 291 g/mol. The highest BCUT2D eigenvalue weighted by Crippen LogP contribution is 2.31. The number of rotatable bonds is 4. The fourth-order valence-electron chi connectivity index (χ4n) is 2.32. The van der Waals surface area contributed by atoms with E-state index in [2.05, 4.69) is 0 Å². The third-order valence-corrected chi connectivity index (χ3v) is 3.64. The van der Waals surface area contributed by atoms with Gasteiger partial charge in [-0.25, -0.2) is 4.39 Å². The van der Waals surface area contributed by atoms with Crippen molar-refractivity contribution in [2.75, 3.05) is 7.05 Å². The smallest absolute Gasteiger partial charge is 0.246 e. The van der Waals surface area contributed by atoms with Gasteiger partial charge in [-0.15, -0.1) is 0 Å². The Labute approximate surface area is 125 Å². The molecule has 0 unspecified atom stereocenters. The predicted octanol–water partition coefficient (Wildman–Crippen LogP) is 4.02. The van der Waals surface area contributed by atoms with Crippen LogP contribution in [0.4, 0.5) is 4.39 Å². The van der Waals surface area contributed by atoms with Gasteiger partial charge >= 0.3 is 0 Å². The van der Waals surface area contributed by atoms with Gasteiger partial charge in [0.05, 0.1) is 6.54 Å². The van der Waals surface area contributed by atoms with Crippen molar-refractivity contribution in [1.29, 1.82) is 0 Å². The molecule has 1 amide bonds. The van der Waals surface area contributed by atoms with E-state index in [1.807, 2.05) is 26.8 Å². The summed E-state index contributed by atoms with van der Waals surface area (Å²) in [5.74, 6) is 1.73. The van der Waals surface area contributed by atoms with Gasteiger partial charge in [0.15, 0.2) is 0 Å². The SMILES string of the molecule is Cc1c(CN(C)C(=O)/C=C/C(C)C)oc2c1C=C(F)CC2. The summed E-state index contributed by atoms with van der Waals surface area (Å²) in [6.07, 6.45) is 5.98.